The first-order chi connectivity index (χ1) is 7.00. The maximum Gasteiger partial charge on any atom is 0.219 e. The van der Waals surface area contributed by atoms with Crippen molar-refractivity contribution < 1.29 is 13.6 Å². The molecule has 1 amide bonds. The van der Waals surface area contributed by atoms with E-state index in [1.54, 1.807) is 7.05 Å². The van der Waals surface area contributed by atoms with Gasteiger partial charge in [0.05, 0.1) is 0 Å². The molecule has 0 aliphatic heterocycles. The monoisotopic (exact) mass is 213 g/mol. The summed E-state index contributed by atoms with van der Waals surface area (Å²) >= 11 is 0. The normalized spacial score (nSPS) is 10.1. The molecule has 4 heteroatoms. The van der Waals surface area contributed by atoms with E-state index in [4.69, 9.17) is 0 Å². The number of amides is 1. The van der Waals surface area contributed by atoms with Gasteiger partial charge in [0, 0.05) is 26.6 Å². The third-order valence-corrected chi connectivity index (χ3v) is 2.27. The zero-order valence-corrected chi connectivity index (χ0v) is 8.76. The second-order valence-electron chi connectivity index (χ2n) is 3.43. The summed E-state index contributed by atoms with van der Waals surface area (Å²) < 4.78 is 25.7. The predicted octanol–water partition coefficient (Wildman–Crippen LogP) is 1.99. The molecule has 0 aliphatic carbocycles. The molecule has 0 heterocycles. The number of hydrogen-bond donors (Lipinski definition) is 0. The molecular formula is C11H13F2NO. The zero-order valence-electron chi connectivity index (χ0n) is 8.76. The molecule has 0 N–H and O–H groups in total. The average Bonchev–Trinajstić information content (AvgIpc) is 2.15. The number of carbonyl (C=O) groups is 1. The number of likely N-dealkylation sites (N-methyl/N-ethyl adjacent to an activating group) is 1. The van der Waals surface area contributed by atoms with Crippen molar-refractivity contribution in [3.05, 3.63) is 35.4 Å². The van der Waals surface area contributed by atoms with Crippen molar-refractivity contribution in [3.63, 3.8) is 0 Å². The summed E-state index contributed by atoms with van der Waals surface area (Å²) in [5.41, 5.74) is 0.421. The van der Waals surface area contributed by atoms with E-state index >= 15 is 0 Å². The average molecular weight is 213 g/mol. The topological polar surface area (TPSA) is 20.3 Å². The maximum atomic E-state index is 13.2. The Bertz CT molecular complexity index is 366. The number of hydrogen-bond acceptors (Lipinski definition) is 1. The molecule has 0 radical (unpaired) electrons. The summed E-state index contributed by atoms with van der Waals surface area (Å²) in [6.07, 6.45) is 0.391. The summed E-state index contributed by atoms with van der Waals surface area (Å²) in [5, 5.41) is 0. The van der Waals surface area contributed by atoms with Gasteiger partial charge in [0.25, 0.3) is 0 Å². The fourth-order valence-electron chi connectivity index (χ4n) is 1.17. The van der Waals surface area contributed by atoms with E-state index < -0.39 is 11.6 Å². The van der Waals surface area contributed by atoms with Gasteiger partial charge < -0.3 is 4.90 Å². The van der Waals surface area contributed by atoms with Crippen molar-refractivity contribution in [3.8, 4) is 0 Å². The van der Waals surface area contributed by atoms with Crippen LogP contribution in [-0.2, 0) is 11.2 Å². The molecule has 2 nitrogen and oxygen atoms in total. The lowest BCUT2D eigenvalue weighted by Gasteiger charge is -2.14. The van der Waals surface area contributed by atoms with Gasteiger partial charge in [-0.3, -0.25) is 4.79 Å². The number of carbonyl (C=O) groups excluding carboxylic acids is 1. The predicted molar refractivity (Wildman–Crippen MR) is 53.4 cm³/mol. The first kappa shape index (κ1) is 11.6. The minimum absolute atomic E-state index is 0.0717. The molecule has 0 unspecified atom stereocenters. The molecule has 0 aromatic heterocycles. The highest BCUT2D eigenvalue weighted by atomic mass is 19.1. The van der Waals surface area contributed by atoms with Gasteiger partial charge in [0.2, 0.25) is 5.91 Å². The van der Waals surface area contributed by atoms with Crippen LogP contribution >= 0.6 is 0 Å². The van der Waals surface area contributed by atoms with Gasteiger partial charge in [0.15, 0.2) is 0 Å². The van der Waals surface area contributed by atoms with Gasteiger partial charge in [-0.2, -0.15) is 0 Å². The summed E-state index contributed by atoms with van der Waals surface area (Å²) in [7, 11) is 1.64. The lowest BCUT2D eigenvalue weighted by Crippen LogP contribution is -2.26. The Balaban J connectivity index is 2.62. The molecule has 0 atom stereocenters. The number of nitrogens with zero attached hydrogens (tertiary/aromatic N) is 1. The van der Waals surface area contributed by atoms with Crippen LogP contribution < -0.4 is 0 Å². The quantitative estimate of drug-likeness (QED) is 0.751. The van der Waals surface area contributed by atoms with Crippen LogP contribution in [0, 0.1) is 11.6 Å². The molecule has 1 aromatic carbocycles. The molecule has 15 heavy (non-hydrogen) atoms. The van der Waals surface area contributed by atoms with Crippen LogP contribution in [0.3, 0.4) is 0 Å². The van der Waals surface area contributed by atoms with Crippen LogP contribution in [0.15, 0.2) is 18.2 Å². The Kier molecular flexibility index (Phi) is 3.77. The standard InChI is InChI=1S/C11H13F2NO/c1-8(15)14(2)6-5-9-3-4-10(12)7-11(9)13/h3-4,7H,5-6H2,1-2H3. The summed E-state index contributed by atoms with van der Waals surface area (Å²) in [6, 6.07) is 3.47. The second-order valence-corrected chi connectivity index (χ2v) is 3.43. The number of halogens is 2. The van der Waals surface area contributed by atoms with Crippen LogP contribution in [-0.4, -0.2) is 24.4 Å². The van der Waals surface area contributed by atoms with E-state index in [-0.39, 0.29) is 5.91 Å². The van der Waals surface area contributed by atoms with E-state index in [2.05, 4.69) is 0 Å². The van der Waals surface area contributed by atoms with E-state index in [9.17, 15) is 13.6 Å². The number of rotatable bonds is 3. The Labute approximate surface area is 87.5 Å². The Morgan fingerprint density at radius 2 is 2.07 bits per heavy atom. The lowest BCUT2D eigenvalue weighted by atomic mass is 10.1. The summed E-state index contributed by atoms with van der Waals surface area (Å²) in [4.78, 5) is 12.4. The van der Waals surface area contributed by atoms with Gasteiger partial charge in [-0.25, -0.2) is 8.78 Å². The Morgan fingerprint density at radius 1 is 1.40 bits per heavy atom. The van der Waals surface area contributed by atoms with E-state index in [0.29, 0.717) is 18.5 Å². The van der Waals surface area contributed by atoms with E-state index in [1.165, 1.54) is 24.0 Å². The highest BCUT2D eigenvalue weighted by molar-refractivity contribution is 5.72. The summed E-state index contributed by atoms with van der Waals surface area (Å²) in [6.45, 7) is 1.87. The lowest BCUT2D eigenvalue weighted by molar-refractivity contribution is -0.127. The van der Waals surface area contributed by atoms with E-state index in [1.807, 2.05) is 0 Å². The molecule has 1 aromatic rings. The van der Waals surface area contributed by atoms with Crippen molar-refractivity contribution >= 4 is 5.91 Å². The molecule has 0 saturated carbocycles. The molecule has 82 valence electrons. The molecule has 0 saturated heterocycles. The Hall–Kier alpha value is -1.45. The van der Waals surface area contributed by atoms with Crippen LogP contribution in [0.4, 0.5) is 8.78 Å². The van der Waals surface area contributed by atoms with Crippen molar-refractivity contribution in [1.29, 1.82) is 0 Å². The molecule has 0 aliphatic rings. The van der Waals surface area contributed by atoms with Gasteiger partial charge in [-0.1, -0.05) is 6.07 Å². The molecule has 0 bridgehead atoms. The first-order valence-electron chi connectivity index (χ1n) is 4.66. The SMILES string of the molecule is CC(=O)N(C)CCc1ccc(F)cc1F. The second kappa shape index (κ2) is 4.87. The van der Waals surface area contributed by atoms with Crippen LogP contribution in [0.2, 0.25) is 0 Å². The minimum atomic E-state index is -0.587. The van der Waals surface area contributed by atoms with E-state index in [0.717, 1.165) is 6.07 Å². The third kappa shape index (κ3) is 3.31. The van der Waals surface area contributed by atoms with Crippen molar-refractivity contribution in [1.82, 2.24) is 4.90 Å². The first-order valence-corrected chi connectivity index (χ1v) is 4.66. The molecule has 0 fully saturated rings. The molecular weight excluding hydrogens is 200 g/mol. The fourth-order valence-corrected chi connectivity index (χ4v) is 1.17. The maximum absolute atomic E-state index is 13.2. The van der Waals surface area contributed by atoms with Crippen LogP contribution in [0.5, 0.6) is 0 Å². The molecule has 1 rings (SSSR count). The number of benzene rings is 1. The van der Waals surface area contributed by atoms with Crippen LogP contribution in [0.1, 0.15) is 12.5 Å². The van der Waals surface area contributed by atoms with Crippen molar-refractivity contribution in [2.24, 2.45) is 0 Å². The van der Waals surface area contributed by atoms with Crippen molar-refractivity contribution in [2.75, 3.05) is 13.6 Å². The van der Waals surface area contributed by atoms with Gasteiger partial charge in [-0.05, 0) is 18.1 Å². The zero-order chi connectivity index (χ0) is 11.4. The highest BCUT2D eigenvalue weighted by Gasteiger charge is 2.06. The Morgan fingerprint density at radius 3 is 2.60 bits per heavy atom. The summed E-state index contributed by atoms with van der Waals surface area (Å²) in [5.74, 6) is -1.22. The van der Waals surface area contributed by atoms with Gasteiger partial charge in [0.1, 0.15) is 11.6 Å². The largest absolute Gasteiger partial charge is 0.346 e. The van der Waals surface area contributed by atoms with Crippen molar-refractivity contribution in [2.45, 2.75) is 13.3 Å². The van der Waals surface area contributed by atoms with Crippen LogP contribution in [0.25, 0.3) is 0 Å². The minimum Gasteiger partial charge on any atom is -0.346 e. The van der Waals surface area contributed by atoms with Gasteiger partial charge >= 0.3 is 0 Å². The molecule has 0 spiro atoms. The third-order valence-electron chi connectivity index (χ3n) is 2.27. The highest BCUT2D eigenvalue weighted by Crippen LogP contribution is 2.10. The van der Waals surface area contributed by atoms with Gasteiger partial charge in [-0.15, -0.1) is 0 Å². The smallest absolute Gasteiger partial charge is 0.219 e. The fraction of sp³-hybridized carbons (Fsp3) is 0.364.